The van der Waals surface area contributed by atoms with Crippen LogP contribution in [-0.4, -0.2) is 36.9 Å². The fourth-order valence-electron chi connectivity index (χ4n) is 2.24. The number of alkyl halides is 2. The van der Waals surface area contributed by atoms with Crippen molar-refractivity contribution in [3.63, 3.8) is 0 Å². The fraction of sp³-hybridized carbons (Fsp3) is 0.278. The van der Waals surface area contributed by atoms with Crippen LogP contribution in [0.1, 0.15) is 29.9 Å². The number of carbonyl (C=O) groups excluding carboxylic acids is 2. The number of halogens is 2. The van der Waals surface area contributed by atoms with Crippen LogP contribution in [0.5, 0.6) is 11.5 Å². The molecule has 0 saturated carbocycles. The molecule has 0 spiro atoms. The number of aromatic nitrogens is 1. The Balaban J connectivity index is 2.15. The van der Waals surface area contributed by atoms with Crippen LogP contribution in [-0.2, 0) is 4.79 Å². The van der Waals surface area contributed by atoms with Gasteiger partial charge in [0.25, 0.3) is 0 Å². The molecule has 0 atom stereocenters. The lowest BCUT2D eigenvalue weighted by Crippen LogP contribution is -2.27. The zero-order valence-electron chi connectivity index (χ0n) is 14.9. The second kappa shape index (κ2) is 9.22. The Kier molecular flexibility index (Phi) is 7.00. The first kappa shape index (κ1) is 20.5. The second-order valence-corrected chi connectivity index (χ2v) is 6.10. The quantitative estimate of drug-likeness (QED) is 0.498. The number of hydrogen-bond acceptors (Lipinski definition) is 6. The first-order valence-electron chi connectivity index (χ1n) is 7.94. The van der Waals surface area contributed by atoms with Crippen molar-refractivity contribution in [2.24, 2.45) is 0 Å². The highest BCUT2D eigenvalue weighted by atomic mass is 32.1. The van der Waals surface area contributed by atoms with Crippen molar-refractivity contribution in [3.8, 4) is 11.5 Å². The van der Waals surface area contributed by atoms with Crippen molar-refractivity contribution in [1.82, 2.24) is 4.98 Å². The lowest BCUT2D eigenvalue weighted by Gasteiger charge is -2.14. The Bertz CT molecular complexity index is 852. The molecule has 2 aromatic rings. The van der Waals surface area contributed by atoms with Gasteiger partial charge in [0.05, 0.1) is 12.8 Å². The van der Waals surface area contributed by atoms with Gasteiger partial charge in [0, 0.05) is 24.4 Å². The molecule has 0 fully saturated rings. The van der Waals surface area contributed by atoms with Crippen molar-refractivity contribution in [2.45, 2.75) is 20.5 Å². The number of hydrogen-bond donors (Lipinski definition) is 0. The highest BCUT2D eigenvalue weighted by molar-refractivity contribution is 7.14. The molecule has 9 heteroatoms. The van der Waals surface area contributed by atoms with Crippen LogP contribution in [0.3, 0.4) is 0 Å². The first-order valence-corrected chi connectivity index (χ1v) is 8.82. The summed E-state index contributed by atoms with van der Waals surface area (Å²) in [5.41, 5.74) is 0.784. The van der Waals surface area contributed by atoms with Gasteiger partial charge in [-0.2, -0.15) is 8.78 Å². The molecule has 1 aromatic carbocycles. The summed E-state index contributed by atoms with van der Waals surface area (Å²) in [6, 6.07) is 3.94. The number of anilines is 1. The Morgan fingerprint density at radius 1 is 1.33 bits per heavy atom. The van der Waals surface area contributed by atoms with Crippen molar-refractivity contribution in [2.75, 3.05) is 18.6 Å². The van der Waals surface area contributed by atoms with E-state index in [2.05, 4.69) is 9.72 Å². The second-order valence-electron chi connectivity index (χ2n) is 5.26. The predicted molar refractivity (Wildman–Crippen MR) is 98.8 cm³/mol. The Morgan fingerprint density at radius 3 is 2.67 bits per heavy atom. The highest BCUT2D eigenvalue weighted by Gasteiger charge is 2.14. The minimum atomic E-state index is -2.99. The maximum absolute atomic E-state index is 12.4. The molecule has 0 aliphatic carbocycles. The van der Waals surface area contributed by atoms with E-state index in [0.29, 0.717) is 17.4 Å². The number of rotatable bonds is 8. The molecule has 1 amide bonds. The van der Waals surface area contributed by atoms with E-state index in [1.165, 1.54) is 60.6 Å². The molecule has 1 aromatic heterocycles. The standard InChI is InChI=1S/C18H18F2N2O4S/c1-4-22(11(2)23)18-21-13(10-27-18)6-7-14(24)12-5-8-15(26-17(19)20)16(9-12)25-3/h5-10,17H,4H2,1-3H3/b7-6+. The average molecular weight is 396 g/mol. The van der Waals surface area contributed by atoms with Crippen molar-refractivity contribution < 1.29 is 27.8 Å². The van der Waals surface area contributed by atoms with Gasteiger partial charge in [0.15, 0.2) is 22.4 Å². The topological polar surface area (TPSA) is 68.7 Å². The van der Waals surface area contributed by atoms with Crippen molar-refractivity contribution in [1.29, 1.82) is 0 Å². The van der Waals surface area contributed by atoms with E-state index in [9.17, 15) is 18.4 Å². The molecule has 0 saturated heterocycles. The minimum Gasteiger partial charge on any atom is -0.493 e. The molecule has 6 nitrogen and oxygen atoms in total. The first-order chi connectivity index (χ1) is 12.8. The van der Waals surface area contributed by atoms with E-state index in [0.717, 1.165) is 0 Å². The number of benzene rings is 1. The molecule has 144 valence electrons. The summed E-state index contributed by atoms with van der Waals surface area (Å²) < 4.78 is 34.0. The Labute approximate surface area is 159 Å². The molecule has 1 heterocycles. The molecular formula is C18H18F2N2O4S. The van der Waals surface area contributed by atoms with Gasteiger partial charge in [0.1, 0.15) is 0 Å². The third-order valence-electron chi connectivity index (χ3n) is 3.51. The van der Waals surface area contributed by atoms with Crippen molar-refractivity contribution in [3.05, 3.63) is 40.9 Å². The Hall–Kier alpha value is -2.81. The van der Waals surface area contributed by atoms with Gasteiger partial charge < -0.3 is 9.47 Å². The monoisotopic (exact) mass is 396 g/mol. The SMILES string of the molecule is CCN(C(C)=O)c1nc(/C=C/C(=O)c2ccc(OC(F)F)c(OC)c2)cs1. The van der Waals surface area contributed by atoms with Crippen LogP contribution in [0, 0.1) is 0 Å². The van der Waals surface area contributed by atoms with E-state index < -0.39 is 6.61 Å². The van der Waals surface area contributed by atoms with E-state index in [4.69, 9.17) is 4.74 Å². The van der Waals surface area contributed by atoms with Gasteiger partial charge in [-0.1, -0.05) is 0 Å². The van der Waals surface area contributed by atoms with Gasteiger partial charge in [-0.25, -0.2) is 4.98 Å². The lowest BCUT2D eigenvalue weighted by molar-refractivity contribution is -0.116. The molecule has 0 bridgehead atoms. The zero-order chi connectivity index (χ0) is 20.0. The predicted octanol–water partition coefficient (Wildman–Crippen LogP) is 4.02. The number of methoxy groups -OCH3 is 1. The number of carbonyl (C=O) groups is 2. The van der Waals surface area contributed by atoms with Crippen LogP contribution in [0.2, 0.25) is 0 Å². The molecule has 0 radical (unpaired) electrons. The van der Waals surface area contributed by atoms with Gasteiger partial charge in [0.2, 0.25) is 5.91 Å². The van der Waals surface area contributed by atoms with Gasteiger partial charge >= 0.3 is 6.61 Å². The number of allylic oxidation sites excluding steroid dienone is 1. The van der Waals surface area contributed by atoms with Gasteiger partial charge in [-0.15, -0.1) is 11.3 Å². The summed E-state index contributed by atoms with van der Waals surface area (Å²) in [5, 5.41) is 2.28. The molecule has 0 aliphatic heterocycles. The molecule has 27 heavy (non-hydrogen) atoms. The normalized spacial score (nSPS) is 11.0. The summed E-state index contributed by atoms with van der Waals surface area (Å²) in [6.45, 7) is 0.810. The summed E-state index contributed by atoms with van der Waals surface area (Å²) in [6.07, 6.45) is 2.83. The van der Waals surface area contributed by atoms with E-state index in [-0.39, 0.29) is 28.8 Å². The molecule has 0 aliphatic rings. The fourth-order valence-corrected chi connectivity index (χ4v) is 3.14. The molecule has 0 N–H and O–H groups in total. The van der Waals surface area contributed by atoms with Gasteiger partial charge in [-0.3, -0.25) is 14.5 Å². The third-order valence-corrected chi connectivity index (χ3v) is 4.39. The smallest absolute Gasteiger partial charge is 0.387 e. The van der Waals surface area contributed by atoms with Crippen LogP contribution >= 0.6 is 11.3 Å². The summed E-state index contributed by atoms with van der Waals surface area (Å²) >= 11 is 1.30. The van der Waals surface area contributed by atoms with Crippen molar-refractivity contribution >= 4 is 34.2 Å². The summed E-state index contributed by atoms with van der Waals surface area (Å²) in [5.74, 6) is -0.589. The lowest BCUT2D eigenvalue weighted by atomic mass is 10.1. The number of amides is 1. The van der Waals surface area contributed by atoms with E-state index in [1.54, 1.807) is 5.38 Å². The largest absolute Gasteiger partial charge is 0.493 e. The summed E-state index contributed by atoms with van der Waals surface area (Å²) in [7, 11) is 1.29. The Morgan fingerprint density at radius 2 is 2.07 bits per heavy atom. The number of ether oxygens (including phenoxy) is 2. The van der Waals surface area contributed by atoms with E-state index in [1.807, 2.05) is 6.92 Å². The summed E-state index contributed by atoms with van der Waals surface area (Å²) in [4.78, 5) is 29.7. The van der Waals surface area contributed by atoms with Crippen LogP contribution in [0.4, 0.5) is 13.9 Å². The van der Waals surface area contributed by atoms with E-state index >= 15 is 0 Å². The van der Waals surface area contributed by atoms with Crippen LogP contribution in [0.15, 0.2) is 29.7 Å². The third kappa shape index (κ3) is 5.33. The highest BCUT2D eigenvalue weighted by Crippen LogP contribution is 2.30. The number of thiazole rings is 1. The molecule has 0 unspecified atom stereocenters. The minimum absolute atomic E-state index is 0.0329. The number of nitrogens with zero attached hydrogens (tertiary/aromatic N) is 2. The van der Waals surface area contributed by atoms with Crippen LogP contribution in [0.25, 0.3) is 6.08 Å². The maximum Gasteiger partial charge on any atom is 0.387 e. The number of ketones is 1. The average Bonchev–Trinajstić information content (AvgIpc) is 3.08. The van der Waals surface area contributed by atoms with Gasteiger partial charge in [-0.05, 0) is 37.3 Å². The maximum atomic E-state index is 12.4. The zero-order valence-corrected chi connectivity index (χ0v) is 15.8. The van der Waals surface area contributed by atoms with Crippen LogP contribution < -0.4 is 14.4 Å². The molecular weight excluding hydrogens is 378 g/mol. The molecule has 2 rings (SSSR count).